The lowest BCUT2D eigenvalue weighted by atomic mass is 9.99. The second-order valence-electron chi connectivity index (χ2n) is 9.58. The fourth-order valence-corrected chi connectivity index (χ4v) is 4.80. The molecule has 0 amide bonds. The molecule has 3 nitrogen and oxygen atoms in total. The van der Waals surface area contributed by atoms with Crippen molar-refractivity contribution in [2.24, 2.45) is 0 Å². The van der Waals surface area contributed by atoms with Gasteiger partial charge in [-0.05, 0) is 59.7 Å². The molecule has 0 aliphatic carbocycles. The summed E-state index contributed by atoms with van der Waals surface area (Å²) in [5.41, 5.74) is 9.58. The number of benzene rings is 4. The molecule has 0 atom stereocenters. The van der Waals surface area contributed by atoms with Gasteiger partial charge in [-0.3, -0.25) is 0 Å². The largest absolute Gasteiger partial charge is 0.487 e. The number of rotatable bonds is 9. The molecule has 182 valence electrons. The van der Waals surface area contributed by atoms with Gasteiger partial charge in [0, 0.05) is 13.0 Å². The maximum absolute atomic E-state index is 6.39. The third-order valence-electron chi connectivity index (χ3n) is 6.88. The van der Waals surface area contributed by atoms with Gasteiger partial charge in [-0.1, -0.05) is 98.3 Å². The molecule has 1 heterocycles. The molecule has 0 aliphatic heterocycles. The Hall–Kier alpha value is -3.85. The molecule has 0 saturated heterocycles. The van der Waals surface area contributed by atoms with Crippen LogP contribution in [0, 0.1) is 13.8 Å². The summed E-state index contributed by atoms with van der Waals surface area (Å²) in [6.07, 6.45) is 3.23. The van der Waals surface area contributed by atoms with E-state index in [4.69, 9.17) is 9.72 Å². The summed E-state index contributed by atoms with van der Waals surface area (Å²) in [7, 11) is 0. The van der Waals surface area contributed by atoms with Crippen LogP contribution in [0.2, 0.25) is 0 Å². The Balaban J connectivity index is 1.51. The standard InChI is InChI=1S/C33H34N2O/c1-4-5-15-31-34-32-25(3)16-21-30(36-23-27-12-7-6-8-13-27)33(32)35(31)22-26-17-19-28(20-18-26)29-14-10-9-11-24(29)2/h6-14,16-21H,4-5,15,22-23H2,1-3H3. The normalized spacial score (nSPS) is 11.2. The summed E-state index contributed by atoms with van der Waals surface area (Å²) < 4.78 is 8.76. The number of hydrogen-bond donors (Lipinski definition) is 0. The maximum atomic E-state index is 6.39. The van der Waals surface area contributed by atoms with Crippen molar-refractivity contribution < 1.29 is 4.74 Å². The molecule has 0 unspecified atom stereocenters. The molecule has 0 N–H and O–H groups in total. The Morgan fingerprint density at radius 1 is 0.750 bits per heavy atom. The second kappa shape index (κ2) is 10.8. The van der Waals surface area contributed by atoms with Gasteiger partial charge in [0.1, 0.15) is 23.7 Å². The lowest BCUT2D eigenvalue weighted by molar-refractivity contribution is 0.308. The molecular formula is C33H34N2O. The smallest absolute Gasteiger partial charge is 0.145 e. The average molecular weight is 475 g/mol. The number of imidazole rings is 1. The van der Waals surface area contributed by atoms with E-state index in [1.807, 2.05) is 6.07 Å². The second-order valence-corrected chi connectivity index (χ2v) is 9.58. The van der Waals surface area contributed by atoms with E-state index in [9.17, 15) is 0 Å². The molecule has 0 radical (unpaired) electrons. The molecule has 5 aromatic rings. The van der Waals surface area contributed by atoms with Gasteiger partial charge in [0.05, 0.1) is 5.52 Å². The van der Waals surface area contributed by atoms with Gasteiger partial charge in [-0.2, -0.15) is 0 Å². The van der Waals surface area contributed by atoms with Crippen molar-refractivity contribution in [3.8, 4) is 16.9 Å². The lowest BCUT2D eigenvalue weighted by Crippen LogP contribution is -2.07. The number of fused-ring (bicyclic) bond motifs is 1. The minimum atomic E-state index is 0.541. The van der Waals surface area contributed by atoms with Crippen LogP contribution in [0.15, 0.2) is 91.0 Å². The Labute approximate surface area is 214 Å². The average Bonchev–Trinajstić information content (AvgIpc) is 3.27. The van der Waals surface area contributed by atoms with Crippen LogP contribution in [0.25, 0.3) is 22.2 Å². The van der Waals surface area contributed by atoms with Crippen LogP contribution >= 0.6 is 0 Å². The zero-order valence-corrected chi connectivity index (χ0v) is 21.5. The number of ether oxygens (including phenoxy) is 1. The molecule has 36 heavy (non-hydrogen) atoms. The molecule has 0 aliphatic rings. The van der Waals surface area contributed by atoms with Crippen LogP contribution in [0.3, 0.4) is 0 Å². The van der Waals surface area contributed by atoms with E-state index in [0.29, 0.717) is 6.61 Å². The number of unbranched alkanes of at least 4 members (excludes halogenated alkanes) is 1. The summed E-state index contributed by atoms with van der Waals surface area (Å²) in [4.78, 5) is 5.12. The Kier molecular flexibility index (Phi) is 7.18. The first-order valence-corrected chi connectivity index (χ1v) is 12.9. The minimum absolute atomic E-state index is 0.541. The first-order valence-electron chi connectivity index (χ1n) is 12.9. The Morgan fingerprint density at radius 2 is 1.50 bits per heavy atom. The summed E-state index contributed by atoms with van der Waals surface area (Å²) in [6, 6.07) is 32.1. The first kappa shape index (κ1) is 23.9. The van der Waals surface area contributed by atoms with Crippen molar-refractivity contribution >= 4 is 11.0 Å². The first-order chi connectivity index (χ1) is 17.6. The zero-order chi connectivity index (χ0) is 24.9. The van der Waals surface area contributed by atoms with Gasteiger partial charge in [-0.25, -0.2) is 4.98 Å². The van der Waals surface area contributed by atoms with Crippen LogP contribution in [0.5, 0.6) is 5.75 Å². The van der Waals surface area contributed by atoms with Crippen LogP contribution < -0.4 is 4.74 Å². The van der Waals surface area contributed by atoms with E-state index in [2.05, 4.69) is 110 Å². The molecule has 5 rings (SSSR count). The number of nitrogens with zero attached hydrogens (tertiary/aromatic N) is 2. The van der Waals surface area contributed by atoms with Gasteiger partial charge in [-0.15, -0.1) is 0 Å². The number of hydrogen-bond acceptors (Lipinski definition) is 2. The molecule has 3 heteroatoms. The predicted molar refractivity (Wildman–Crippen MR) is 150 cm³/mol. The van der Waals surface area contributed by atoms with Crippen molar-refractivity contribution in [1.82, 2.24) is 9.55 Å². The van der Waals surface area contributed by atoms with Gasteiger partial charge < -0.3 is 9.30 Å². The maximum Gasteiger partial charge on any atom is 0.145 e. The highest BCUT2D eigenvalue weighted by molar-refractivity contribution is 5.85. The summed E-state index contributed by atoms with van der Waals surface area (Å²) in [5.74, 6) is 2.03. The van der Waals surface area contributed by atoms with Crippen LogP contribution in [0.4, 0.5) is 0 Å². The van der Waals surface area contributed by atoms with Crippen LogP contribution in [-0.2, 0) is 19.6 Å². The fraction of sp³-hybridized carbons (Fsp3) is 0.242. The molecular weight excluding hydrogens is 440 g/mol. The van der Waals surface area contributed by atoms with Crippen molar-refractivity contribution in [2.75, 3.05) is 0 Å². The fourth-order valence-electron chi connectivity index (χ4n) is 4.80. The zero-order valence-electron chi connectivity index (χ0n) is 21.5. The molecule has 0 fully saturated rings. The molecule has 1 aromatic heterocycles. The van der Waals surface area contributed by atoms with Gasteiger partial charge in [0.15, 0.2) is 0 Å². The van der Waals surface area contributed by atoms with E-state index in [-0.39, 0.29) is 0 Å². The number of aromatic nitrogens is 2. The molecule has 0 bridgehead atoms. The van der Waals surface area contributed by atoms with E-state index < -0.39 is 0 Å². The highest BCUT2D eigenvalue weighted by Crippen LogP contribution is 2.32. The predicted octanol–water partition coefficient (Wildman–Crippen LogP) is 8.29. The van der Waals surface area contributed by atoms with E-state index in [1.165, 1.54) is 27.8 Å². The van der Waals surface area contributed by atoms with Crippen molar-refractivity contribution in [2.45, 2.75) is 53.2 Å². The summed E-state index contributed by atoms with van der Waals surface area (Å²) in [6.45, 7) is 7.85. The third kappa shape index (κ3) is 5.06. The van der Waals surface area contributed by atoms with Crippen LogP contribution in [0.1, 0.15) is 47.8 Å². The van der Waals surface area contributed by atoms with E-state index in [0.717, 1.165) is 54.0 Å². The Morgan fingerprint density at radius 3 is 2.25 bits per heavy atom. The lowest BCUT2D eigenvalue weighted by Gasteiger charge is -2.14. The minimum Gasteiger partial charge on any atom is -0.487 e. The SMILES string of the molecule is CCCCc1nc2c(C)ccc(OCc3ccccc3)c2n1Cc1ccc(-c2ccccc2C)cc1. The third-order valence-corrected chi connectivity index (χ3v) is 6.88. The molecule has 0 saturated carbocycles. The number of aryl methyl sites for hydroxylation is 3. The Bertz CT molecular complexity index is 1450. The van der Waals surface area contributed by atoms with Gasteiger partial charge in [0.2, 0.25) is 0 Å². The van der Waals surface area contributed by atoms with E-state index >= 15 is 0 Å². The van der Waals surface area contributed by atoms with Crippen LogP contribution in [-0.4, -0.2) is 9.55 Å². The summed E-state index contributed by atoms with van der Waals surface area (Å²) >= 11 is 0. The highest BCUT2D eigenvalue weighted by atomic mass is 16.5. The van der Waals surface area contributed by atoms with Crippen molar-refractivity contribution in [1.29, 1.82) is 0 Å². The van der Waals surface area contributed by atoms with E-state index in [1.54, 1.807) is 0 Å². The van der Waals surface area contributed by atoms with Crippen molar-refractivity contribution in [3.05, 3.63) is 119 Å². The van der Waals surface area contributed by atoms with Gasteiger partial charge in [0.25, 0.3) is 0 Å². The monoisotopic (exact) mass is 474 g/mol. The summed E-state index contributed by atoms with van der Waals surface area (Å²) in [5, 5.41) is 0. The topological polar surface area (TPSA) is 27.1 Å². The van der Waals surface area contributed by atoms with Crippen molar-refractivity contribution in [3.63, 3.8) is 0 Å². The quantitative estimate of drug-likeness (QED) is 0.215. The highest BCUT2D eigenvalue weighted by Gasteiger charge is 2.17. The molecule has 4 aromatic carbocycles. The van der Waals surface area contributed by atoms with Gasteiger partial charge >= 0.3 is 0 Å². The molecule has 0 spiro atoms.